The van der Waals surface area contributed by atoms with E-state index in [9.17, 15) is 9.90 Å². The minimum Gasteiger partial charge on any atom is -0.457 e. The van der Waals surface area contributed by atoms with Gasteiger partial charge in [0, 0.05) is 13.0 Å². The van der Waals surface area contributed by atoms with Crippen LogP contribution in [0.3, 0.4) is 0 Å². The molecule has 0 aliphatic carbocycles. The first kappa shape index (κ1) is 46.4. The number of hydrogen-bond donors (Lipinski definition) is 1. The van der Waals surface area contributed by atoms with Crippen LogP contribution in [0, 0.1) is 0 Å². The number of ether oxygens (including phenoxy) is 2. The summed E-state index contributed by atoms with van der Waals surface area (Å²) in [6.45, 7) is 5.41. The van der Waals surface area contributed by atoms with Gasteiger partial charge in [0.1, 0.15) is 6.10 Å². The van der Waals surface area contributed by atoms with Gasteiger partial charge in [-0.15, -0.1) is 0 Å². The Kier molecular flexibility index (Phi) is 41.0. The van der Waals surface area contributed by atoms with E-state index in [1.807, 2.05) is 0 Å². The molecular weight excluding hydrogens is 580 g/mol. The molecule has 0 saturated heterocycles. The SMILES string of the molecule is CCCCCCCCCCCCCCCCCCCCC(=O)OC(CO)COCCCCCCCCCCCCCCCCCCC. The van der Waals surface area contributed by atoms with Crippen LogP contribution in [0.15, 0.2) is 0 Å². The van der Waals surface area contributed by atoms with E-state index in [0.29, 0.717) is 19.6 Å². The van der Waals surface area contributed by atoms with Gasteiger partial charge in [0.2, 0.25) is 0 Å². The minimum atomic E-state index is -0.524. The van der Waals surface area contributed by atoms with Crippen LogP contribution in [0.5, 0.6) is 0 Å². The lowest BCUT2D eigenvalue weighted by Gasteiger charge is -2.16. The molecule has 0 saturated carbocycles. The van der Waals surface area contributed by atoms with Crippen molar-refractivity contribution in [3.63, 3.8) is 0 Å². The highest BCUT2D eigenvalue weighted by Gasteiger charge is 2.13. The van der Waals surface area contributed by atoms with E-state index >= 15 is 0 Å². The summed E-state index contributed by atoms with van der Waals surface area (Å²) in [4.78, 5) is 12.2. The Bertz CT molecular complexity index is 580. The van der Waals surface area contributed by atoms with E-state index in [1.54, 1.807) is 0 Å². The van der Waals surface area contributed by atoms with Gasteiger partial charge in [-0.2, -0.15) is 0 Å². The second-order valence-electron chi connectivity index (χ2n) is 14.8. The molecule has 0 amide bonds. The van der Waals surface area contributed by atoms with E-state index in [-0.39, 0.29) is 12.6 Å². The first-order valence-corrected chi connectivity index (χ1v) is 21.6. The average molecular weight is 667 g/mol. The van der Waals surface area contributed by atoms with Crippen molar-refractivity contribution in [2.75, 3.05) is 19.8 Å². The molecule has 0 rings (SSSR count). The maximum atomic E-state index is 12.2. The summed E-state index contributed by atoms with van der Waals surface area (Å²) in [5.74, 6) is -0.193. The summed E-state index contributed by atoms with van der Waals surface area (Å²) in [7, 11) is 0. The zero-order valence-electron chi connectivity index (χ0n) is 32.3. The Hall–Kier alpha value is -0.610. The van der Waals surface area contributed by atoms with Gasteiger partial charge in [-0.05, 0) is 12.8 Å². The van der Waals surface area contributed by atoms with Crippen LogP contribution in [0.1, 0.15) is 245 Å². The average Bonchev–Trinajstić information content (AvgIpc) is 3.08. The van der Waals surface area contributed by atoms with Crippen molar-refractivity contribution in [2.24, 2.45) is 0 Å². The summed E-state index contributed by atoms with van der Waals surface area (Å²) < 4.78 is 11.2. The fraction of sp³-hybridized carbons (Fsp3) is 0.977. The van der Waals surface area contributed by atoms with Crippen LogP contribution in [0.2, 0.25) is 0 Å². The highest BCUT2D eigenvalue weighted by molar-refractivity contribution is 5.69. The number of esters is 1. The van der Waals surface area contributed by atoms with Crippen LogP contribution in [-0.2, 0) is 14.3 Å². The first-order valence-electron chi connectivity index (χ1n) is 21.6. The number of carbonyl (C=O) groups is 1. The number of carbonyl (C=O) groups excluding carboxylic acids is 1. The molecule has 1 unspecified atom stereocenters. The topological polar surface area (TPSA) is 55.8 Å². The van der Waals surface area contributed by atoms with Crippen LogP contribution in [0.25, 0.3) is 0 Å². The Labute approximate surface area is 295 Å². The Morgan fingerprint density at radius 2 is 0.702 bits per heavy atom. The van der Waals surface area contributed by atoms with Crippen molar-refractivity contribution in [1.82, 2.24) is 0 Å². The van der Waals surface area contributed by atoms with Crippen molar-refractivity contribution in [3.05, 3.63) is 0 Å². The van der Waals surface area contributed by atoms with Gasteiger partial charge in [0.25, 0.3) is 0 Å². The van der Waals surface area contributed by atoms with E-state index < -0.39 is 6.10 Å². The van der Waals surface area contributed by atoms with Crippen molar-refractivity contribution in [1.29, 1.82) is 0 Å². The summed E-state index contributed by atoms with van der Waals surface area (Å²) >= 11 is 0. The Balaban J connectivity index is 3.35. The molecule has 0 aliphatic heterocycles. The number of aliphatic hydroxyl groups is 1. The van der Waals surface area contributed by atoms with Crippen molar-refractivity contribution in [3.8, 4) is 0 Å². The second-order valence-corrected chi connectivity index (χ2v) is 14.8. The predicted molar refractivity (Wildman–Crippen MR) is 205 cm³/mol. The van der Waals surface area contributed by atoms with E-state index in [0.717, 1.165) is 19.3 Å². The van der Waals surface area contributed by atoms with E-state index in [2.05, 4.69) is 13.8 Å². The maximum absolute atomic E-state index is 12.2. The van der Waals surface area contributed by atoms with E-state index in [1.165, 1.54) is 205 Å². The Morgan fingerprint density at radius 3 is 1.00 bits per heavy atom. The molecule has 0 bridgehead atoms. The molecule has 4 heteroatoms. The molecule has 0 heterocycles. The van der Waals surface area contributed by atoms with Crippen molar-refractivity contribution >= 4 is 5.97 Å². The lowest BCUT2D eigenvalue weighted by molar-refractivity contribution is -0.154. The number of unbranched alkanes of at least 4 members (excludes halogenated alkanes) is 33. The van der Waals surface area contributed by atoms with Gasteiger partial charge in [0.05, 0.1) is 13.2 Å². The molecule has 1 atom stereocenters. The van der Waals surface area contributed by atoms with Gasteiger partial charge in [-0.1, -0.05) is 226 Å². The maximum Gasteiger partial charge on any atom is 0.306 e. The predicted octanol–water partition coefficient (Wildman–Crippen LogP) is 14.0. The third-order valence-corrected chi connectivity index (χ3v) is 9.93. The molecular formula is C43H86O4. The summed E-state index contributed by atoms with van der Waals surface area (Å²) in [5.41, 5.74) is 0. The third kappa shape index (κ3) is 39.7. The number of rotatable bonds is 41. The third-order valence-electron chi connectivity index (χ3n) is 9.93. The fourth-order valence-electron chi connectivity index (χ4n) is 6.68. The lowest BCUT2D eigenvalue weighted by atomic mass is 10.0. The Morgan fingerprint density at radius 1 is 0.426 bits per heavy atom. The molecule has 0 aromatic rings. The van der Waals surface area contributed by atoms with Crippen molar-refractivity contribution < 1.29 is 19.4 Å². The number of hydrogen-bond acceptors (Lipinski definition) is 4. The highest BCUT2D eigenvalue weighted by Crippen LogP contribution is 2.16. The van der Waals surface area contributed by atoms with Crippen LogP contribution < -0.4 is 0 Å². The molecule has 0 fully saturated rings. The largest absolute Gasteiger partial charge is 0.457 e. The van der Waals surface area contributed by atoms with Gasteiger partial charge in [-0.25, -0.2) is 0 Å². The van der Waals surface area contributed by atoms with Gasteiger partial charge in [0.15, 0.2) is 0 Å². The van der Waals surface area contributed by atoms with Crippen molar-refractivity contribution in [2.45, 2.75) is 251 Å². The molecule has 0 aromatic carbocycles. The van der Waals surface area contributed by atoms with Crippen LogP contribution in [0.4, 0.5) is 0 Å². The van der Waals surface area contributed by atoms with Gasteiger partial charge in [-0.3, -0.25) is 4.79 Å². The first-order chi connectivity index (χ1) is 23.2. The zero-order chi connectivity index (χ0) is 34.1. The van der Waals surface area contributed by atoms with E-state index in [4.69, 9.17) is 9.47 Å². The summed E-state index contributed by atoms with van der Waals surface area (Å²) in [6.07, 6.45) is 47.3. The van der Waals surface area contributed by atoms with Crippen LogP contribution >= 0.6 is 0 Å². The molecule has 0 spiro atoms. The minimum absolute atomic E-state index is 0.163. The summed E-state index contributed by atoms with van der Waals surface area (Å²) in [5, 5.41) is 9.60. The smallest absolute Gasteiger partial charge is 0.306 e. The number of aliphatic hydroxyl groups excluding tert-OH is 1. The molecule has 0 aliphatic rings. The molecule has 4 nitrogen and oxygen atoms in total. The quantitative estimate of drug-likeness (QED) is 0.0521. The van der Waals surface area contributed by atoms with Gasteiger partial charge < -0.3 is 14.6 Å². The lowest BCUT2D eigenvalue weighted by Crippen LogP contribution is -2.27. The standard InChI is InChI=1S/C43H86O4/c1-3-5-7-9-11-13-15-17-19-21-22-24-26-28-30-32-34-36-38-43(45)47-42(40-44)41-46-39-37-35-33-31-29-27-25-23-20-18-16-14-12-10-8-6-4-2/h42,44H,3-41H2,1-2H3. The second kappa shape index (κ2) is 41.6. The monoisotopic (exact) mass is 667 g/mol. The highest BCUT2D eigenvalue weighted by atomic mass is 16.6. The molecule has 0 aromatic heterocycles. The van der Waals surface area contributed by atoms with Gasteiger partial charge >= 0.3 is 5.97 Å². The molecule has 0 radical (unpaired) electrons. The zero-order valence-corrected chi connectivity index (χ0v) is 32.3. The molecule has 282 valence electrons. The fourth-order valence-corrected chi connectivity index (χ4v) is 6.68. The summed E-state index contributed by atoms with van der Waals surface area (Å²) in [6, 6.07) is 0. The molecule has 47 heavy (non-hydrogen) atoms. The normalized spacial score (nSPS) is 12.1. The van der Waals surface area contributed by atoms with Crippen LogP contribution in [-0.4, -0.2) is 37.0 Å². The molecule has 1 N–H and O–H groups in total.